The number of hydrogen-bond donors (Lipinski definition) is 0. The summed E-state index contributed by atoms with van der Waals surface area (Å²) in [5.74, 6) is 0. The summed E-state index contributed by atoms with van der Waals surface area (Å²) in [5, 5.41) is 0. The quantitative estimate of drug-likeness (QED) is 0.459. The zero-order valence-electron chi connectivity index (χ0n) is 4.27. The number of methoxy groups -OCH3 is 1. The molecule has 0 aliphatic rings. The maximum atomic E-state index is 4.78. The third-order valence-corrected chi connectivity index (χ3v) is 0.704. The van der Waals surface area contributed by atoms with Gasteiger partial charge in [-0.1, -0.05) is 6.08 Å². The molecule has 0 aliphatic carbocycles. The van der Waals surface area contributed by atoms with E-state index in [2.05, 4.69) is 6.58 Å². The van der Waals surface area contributed by atoms with Crippen LogP contribution in [0, 0.1) is 0 Å². The Morgan fingerprint density at radius 2 is 2.33 bits per heavy atom. The Bertz CT molecular complexity index is 41.2. The minimum absolute atomic E-state index is 0.199. The van der Waals surface area contributed by atoms with Crippen LogP contribution < -0.4 is 0 Å². The Morgan fingerprint density at radius 3 is 2.33 bits per heavy atom. The van der Waals surface area contributed by atoms with E-state index in [1.165, 1.54) is 0 Å². The molecule has 0 unspecified atom stereocenters. The third kappa shape index (κ3) is 1.97. The van der Waals surface area contributed by atoms with Gasteiger partial charge < -0.3 is 4.74 Å². The fourth-order valence-corrected chi connectivity index (χ4v) is 0.0962. The van der Waals surface area contributed by atoms with Gasteiger partial charge in [-0.15, -0.1) is 6.58 Å². The lowest BCUT2D eigenvalue weighted by atomic mass is 10.4. The molecule has 0 saturated carbocycles. The Balaban J connectivity index is 2.96. The van der Waals surface area contributed by atoms with Gasteiger partial charge in [0.15, 0.2) is 0 Å². The number of rotatable bonds is 2. The highest BCUT2D eigenvalue weighted by Crippen LogP contribution is 1.83. The number of hydrogen-bond acceptors (Lipinski definition) is 1. The molecule has 0 spiro atoms. The lowest BCUT2D eigenvalue weighted by Gasteiger charge is -1.97. The summed E-state index contributed by atoms with van der Waals surface area (Å²) in [4.78, 5) is 0. The first-order chi connectivity index (χ1) is 2.81. The van der Waals surface area contributed by atoms with Crippen LogP contribution in [0.25, 0.3) is 0 Å². The molecule has 36 valence electrons. The van der Waals surface area contributed by atoms with Gasteiger partial charge in [0.25, 0.3) is 0 Å². The molecule has 0 heterocycles. The molecule has 6 heavy (non-hydrogen) atoms. The van der Waals surface area contributed by atoms with Crippen LogP contribution in [0.1, 0.15) is 6.92 Å². The van der Waals surface area contributed by atoms with Crippen molar-refractivity contribution in [2.45, 2.75) is 13.0 Å². The molecule has 0 aromatic heterocycles. The highest BCUT2D eigenvalue weighted by molar-refractivity contribution is 4.73. The molecule has 1 nitrogen and oxygen atoms in total. The van der Waals surface area contributed by atoms with Gasteiger partial charge in [0.2, 0.25) is 0 Å². The van der Waals surface area contributed by atoms with Crippen molar-refractivity contribution in [1.82, 2.24) is 0 Å². The SMILES string of the molecule is C=C[C@H](C)OC. The van der Waals surface area contributed by atoms with Gasteiger partial charge in [-0.2, -0.15) is 0 Å². The smallest absolute Gasteiger partial charge is 0.0721 e. The van der Waals surface area contributed by atoms with Crippen LogP contribution in [0.5, 0.6) is 0 Å². The van der Waals surface area contributed by atoms with Crippen molar-refractivity contribution in [3.63, 3.8) is 0 Å². The fourth-order valence-electron chi connectivity index (χ4n) is 0.0962. The van der Waals surface area contributed by atoms with Crippen LogP contribution in [-0.4, -0.2) is 13.2 Å². The van der Waals surface area contributed by atoms with Gasteiger partial charge in [-0.3, -0.25) is 0 Å². The molecule has 0 saturated heterocycles. The second-order valence-corrected chi connectivity index (χ2v) is 1.18. The van der Waals surface area contributed by atoms with E-state index >= 15 is 0 Å². The van der Waals surface area contributed by atoms with Crippen molar-refractivity contribution in [2.75, 3.05) is 7.11 Å². The van der Waals surface area contributed by atoms with Gasteiger partial charge in [-0.05, 0) is 6.92 Å². The molecule has 0 aliphatic heterocycles. The predicted molar refractivity (Wildman–Crippen MR) is 26.7 cm³/mol. The Labute approximate surface area is 38.6 Å². The summed E-state index contributed by atoms with van der Waals surface area (Å²) in [5.41, 5.74) is 0. The molecular weight excluding hydrogens is 76.1 g/mol. The molecule has 0 bridgehead atoms. The first-order valence-corrected chi connectivity index (χ1v) is 1.96. The second-order valence-electron chi connectivity index (χ2n) is 1.18. The first kappa shape index (κ1) is 5.70. The van der Waals surface area contributed by atoms with Gasteiger partial charge in [0.05, 0.1) is 6.10 Å². The van der Waals surface area contributed by atoms with Gasteiger partial charge in [0.1, 0.15) is 0 Å². The lowest BCUT2D eigenvalue weighted by Crippen LogP contribution is -1.96. The molecule has 0 rings (SSSR count). The molecule has 0 radical (unpaired) electrons. The van der Waals surface area contributed by atoms with E-state index in [1.54, 1.807) is 13.2 Å². The Morgan fingerprint density at radius 1 is 1.83 bits per heavy atom. The van der Waals surface area contributed by atoms with Crippen molar-refractivity contribution in [3.8, 4) is 0 Å². The molecule has 0 N–H and O–H groups in total. The van der Waals surface area contributed by atoms with Crippen LogP contribution in [0.3, 0.4) is 0 Å². The summed E-state index contributed by atoms with van der Waals surface area (Å²) in [6, 6.07) is 0. The maximum Gasteiger partial charge on any atom is 0.0721 e. The average molecular weight is 86.1 g/mol. The summed E-state index contributed by atoms with van der Waals surface area (Å²) in [6.45, 7) is 5.44. The highest BCUT2D eigenvalue weighted by Gasteiger charge is 1.83. The average Bonchev–Trinajstić information content (AvgIpc) is 1.65. The summed E-state index contributed by atoms with van der Waals surface area (Å²) >= 11 is 0. The van der Waals surface area contributed by atoms with Crippen LogP contribution in [0.4, 0.5) is 0 Å². The lowest BCUT2D eigenvalue weighted by molar-refractivity contribution is 0.156. The molecule has 0 aromatic rings. The summed E-state index contributed by atoms with van der Waals surface area (Å²) in [7, 11) is 1.66. The largest absolute Gasteiger partial charge is 0.378 e. The Hall–Kier alpha value is -0.300. The van der Waals surface area contributed by atoms with E-state index in [0.29, 0.717) is 0 Å². The minimum atomic E-state index is 0.199. The minimum Gasteiger partial charge on any atom is -0.378 e. The van der Waals surface area contributed by atoms with Gasteiger partial charge in [-0.25, -0.2) is 0 Å². The molecule has 0 amide bonds. The van der Waals surface area contributed by atoms with Gasteiger partial charge >= 0.3 is 0 Å². The van der Waals surface area contributed by atoms with E-state index < -0.39 is 0 Å². The van der Waals surface area contributed by atoms with Crippen LogP contribution in [0.15, 0.2) is 12.7 Å². The van der Waals surface area contributed by atoms with Crippen molar-refractivity contribution in [2.24, 2.45) is 0 Å². The fraction of sp³-hybridized carbons (Fsp3) is 0.600. The van der Waals surface area contributed by atoms with E-state index in [9.17, 15) is 0 Å². The molecule has 0 fully saturated rings. The van der Waals surface area contributed by atoms with E-state index in [4.69, 9.17) is 4.74 Å². The van der Waals surface area contributed by atoms with Gasteiger partial charge in [0, 0.05) is 7.11 Å². The van der Waals surface area contributed by atoms with Crippen LogP contribution in [-0.2, 0) is 4.74 Å². The molecule has 0 aromatic carbocycles. The normalized spacial score (nSPS) is 13.7. The summed E-state index contributed by atoms with van der Waals surface area (Å²) in [6.07, 6.45) is 1.95. The molecule has 1 heteroatoms. The van der Waals surface area contributed by atoms with Crippen molar-refractivity contribution in [3.05, 3.63) is 12.7 Å². The Kier molecular flexibility index (Phi) is 2.77. The zero-order valence-corrected chi connectivity index (χ0v) is 4.27. The second kappa shape index (κ2) is 2.91. The van der Waals surface area contributed by atoms with Crippen molar-refractivity contribution in [1.29, 1.82) is 0 Å². The molecule has 1 atom stereocenters. The zero-order chi connectivity index (χ0) is 4.99. The summed E-state index contributed by atoms with van der Waals surface area (Å²) < 4.78 is 4.78. The van der Waals surface area contributed by atoms with E-state index in [-0.39, 0.29) is 6.10 Å². The van der Waals surface area contributed by atoms with Crippen molar-refractivity contribution < 1.29 is 4.74 Å². The topological polar surface area (TPSA) is 9.23 Å². The van der Waals surface area contributed by atoms with E-state index in [1.807, 2.05) is 6.92 Å². The van der Waals surface area contributed by atoms with Crippen molar-refractivity contribution >= 4 is 0 Å². The molecular formula is C5H10O. The van der Waals surface area contributed by atoms with Crippen LogP contribution >= 0.6 is 0 Å². The monoisotopic (exact) mass is 86.1 g/mol. The van der Waals surface area contributed by atoms with E-state index in [0.717, 1.165) is 0 Å². The van der Waals surface area contributed by atoms with Crippen LogP contribution in [0.2, 0.25) is 0 Å². The highest BCUT2D eigenvalue weighted by atomic mass is 16.5. The predicted octanol–water partition coefficient (Wildman–Crippen LogP) is 1.21. The maximum absolute atomic E-state index is 4.78. The third-order valence-electron chi connectivity index (χ3n) is 0.704. The number of ether oxygens (including phenoxy) is 1. The first-order valence-electron chi connectivity index (χ1n) is 1.96. The standard InChI is InChI=1S/C5H10O/c1-4-5(2)6-3/h4-5H,1H2,2-3H3/t5-/m0/s1.